The van der Waals surface area contributed by atoms with E-state index in [0.717, 1.165) is 67.1 Å². The lowest BCUT2D eigenvalue weighted by atomic mass is 9.67. The highest BCUT2D eigenvalue weighted by Crippen LogP contribution is 2.62. The lowest BCUT2D eigenvalue weighted by Gasteiger charge is -2.33. The van der Waals surface area contributed by atoms with Gasteiger partial charge in [0.25, 0.3) is 0 Å². The van der Waals surface area contributed by atoms with Crippen molar-refractivity contribution in [1.82, 2.24) is 15.0 Å². The first-order valence-corrected chi connectivity index (χ1v) is 21.1. The van der Waals surface area contributed by atoms with E-state index in [9.17, 15) is 0 Å². The molecule has 1 atom stereocenters. The summed E-state index contributed by atoms with van der Waals surface area (Å²) in [5.74, 6) is 1.91. The van der Waals surface area contributed by atoms with E-state index in [4.69, 9.17) is 21.5 Å². The van der Waals surface area contributed by atoms with Crippen molar-refractivity contribution < 1.29 is 0 Å². The van der Waals surface area contributed by atoms with Crippen LogP contribution in [0.4, 0.5) is 0 Å². The molecule has 7 aromatic carbocycles. The average Bonchev–Trinajstić information content (AvgIpc) is 3.77. The summed E-state index contributed by atoms with van der Waals surface area (Å²) in [7, 11) is 0. The number of aromatic nitrogens is 3. The molecule has 0 fully saturated rings. The minimum absolute atomic E-state index is 0.554. The molecule has 61 heavy (non-hydrogen) atoms. The molecule has 3 aliphatic carbocycles. The molecule has 0 amide bonds. The Bertz CT molecular complexity index is 3430. The number of nitrogens with zero attached hydrogens (tertiary/aromatic N) is 3. The second kappa shape index (κ2) is 14.1. The second-order valence-electron chi connectivity index (χ2n) is 16.3. The Morgan fingerprint density at radius 3 is 2.00 bits per heavy atom. The smallest absolute Gasteiger partial charge is 0.165 e. The molecule has 3 nitrogen and oxygen atoms in total. The van der Waals surface area contributed by atoms with E-state index >= 15 is 0 Å². The molecule has 0 aliphatic heterocycles. The van der Waals surface area contributed by atoms with Crippen molar-refractivity contribution in [2.75, 3.05) is 0 Å². The summed E-state index contributed by atoms with van der Waals surface area (Å²) in [5.41, 5.74) is 16.2. The van der Waals surface area contributed by atoms with Crippen molar-refractivity contribution in [1.29, 1.82) is 0 Å². The van der Waals surface area contributed by atoms with Crippen LogP contribution in [0, 0.1) is 0 Å². The molecule has 1 unspecified atom stereocenters. The highest BCUT2D eigenvalue weighted by molar-refractivity contribution is 6.04. The van der Waals surface area contributed by atoms with Gasteiger partial charge in [0, 0.05) is 16.7 Å². The molecule has 0 N–H and O–H groups in total. The summed E-state index contributed by atoms with van der Waals surface area (Å²) in [6.45, 7) is 18.2. The van der Waals surface area contributed by atoms with Gasteiger partial charge in [0.15, 0.2) is 17.5 Å². The minimum Gasteiger partial charge on any atom is -0.208 e. The third-order valence-electron chi connectivity index (χ3n) is 13.2. The van der Waals surface area contributed by atoms with E-state index in [1.54, 1.807) is 0 Å². The van der Waals surface area contributed by atoms with Crippen LogP contribution in [-0.4, -0.2) is 15.0 Å². The van der Waals surface area contributed by atoms with E-state index in [2.05, 4.69) is 148 Å². The predicted octanol–water partition coefficient (Wildman–Crippen LogP) is 11.1. The van der Waals surface area contributed by atoms with Crippen molar-refractivity contribution in [3.63, 3.8) is 0 Å². The first-order chi connectivity index (χ1) is 29.9. The highest BCUT2D eigenvalue weighted by atomic mass is 15.0. The zero-order chi connectivity index (χ0) is 41.4. The van der Waals surface area contributed by atoms with Gasteiger partial charge >= 0.3 is 0 Å². The number of hydrogen-bond donors (Lipinski definition) is 0. The molecule has 1 spiro atoms. The minimum atomic E-state index is -0.554. The molecule has 2 bridgehead atoms. The molecule has 290 valence electrons. The van der Waals surface area contributed by atoms with Crippen molar-refractivity contribution in [2.24, 2.45) is 0 Å². The molecule has 11 rings (SSSR count). The van der Waals surface area contributed by atoms with Crippen LogP contribution in [0.3, 0.4) is 0 Å². The van der Waals surface area contributed by atoms with Crippen molar-refractivity contribution in [3.05, 3.63) is 213 Å². The average molecular weight is 782 g/mol. The molecule has 1 heterocycles. The van der Waals surface area contributed by atoms with Crippen LogP contribution < -0.4 is 20.9 Å². The van der Waals surface area contributed by atoms with E-state index in [1.165, 1.54) is 55.3 Å². The van der Waals surface area contributed by atoms with E-state index in [1.807, 2.05) is 42.5 Å². The summed E-state index contributed by atoms with van der Waals surface area (Å²) in [5, 5.41) is 6.48. The molecule has 0 radical (unpaired) electrons. The van der Waals surface area contributed by atoms with Crippen LogP contribution in [0.2, 0.25) is 0 Å². The van der Waals surface area contributed by atoms with Gasteiger partial charge in [0.2, 0.25) is 0 Å². The van der Waals surface area contributed by atoms with E-state index in [-0.39, 0.29) is 0 Å². The Labute approximate surface area is 356 Å². The molecule has 3 heteroatoms. The molecule has 0 saturated heterocycles. The summed E-state index contributed by atoms with van der Waals surface area (Å²) < 4.78 is 0. The molecule has 1 aromatic heterocycles. The van der Waals surface area contributed by atoms with Crippen LogP contribution in [0.1, 0.15) is 48.9 Å². The first kappa shape index (κ1) is 36.6. The van der Waals surface area contributed by atoms with Crippen molar-refractivity contribution in [2.45, 2.75) is 32.1 Å². The molecular formula is C58H43N3. The van der Waals surface area contributed by atoms with Gasteiger partial charge in [-0.3, -0.25) is 0 Å². The van der Waals surface area contributed by atoms with Crippen molar-refractivity contribution >= 4 is 41.2 Å². The normalized spacial score (nSPS) is 17.6. The van der Waals surface area contributed by atoms with Gasteiger partial charge in [0.05, 0.1) is 5.41 Å². The van der Waals surface area contributed by atoms with Crippen LogP contribution in [0.5, 0.6) is 0 Å². The van der Waals surface area contributed by atoms with Gasteiger partial charge in [-0.05, 0) is 113 Å². The van der Waals surface area contributed by atoms with Gasteiger partial charge in [-0.15, -0.1) is 0 Å². The lowest BCUT2D eigenvalue weighted by Crippen LogP contribution is -2.52. The van der Waals surface area contributed by atoms with Gasteiger partial charge in [0.1, 0.15) is 0 Å². The van der Waals surface area contributed by atoms with Crippen molar-refractivity contribution in [3.8, 4) is 56.4 Å². The summed E-state index contributed by atoms with van der Waals surface area (Å²) in [4.78, 5) is 15.7. The Morgan fingerprint density at radius 2 is 1.28 bits per heavy atom. The summed E-state index contributed by atoms with van der Waals surface area (Å²) >= 11 is 0. The highest BCUT2D eigenvalue weighted by Gasteiger charge is 2.53. The third kappa shape index (κ3) is 5.27. The quantitative estimate of drug-likeness (QED) is 0.169. The van der Waals surface area contributed by atoms with Gasteiger partial charge in [-0.1, -0.05) is 190 Å². The number of fused-ring (bicyclic) bond motifs is 5. The van der Waals surface area contributed by atoms with Crippen LogP contribution in [0.25, 0.3) is 97.6 Å². The Balaban J connectivity index is 1.26. The monoisotopic (exact) mass is 781 g/mol. The van der Waals surface area contributed by atoms with Gasteiger partial charge in [-0.25, -0.2) is 15.0 Å². The Kier molecular flexibility index (Phi) is 8.44. The maximum Gasteiger partial charge on any atom is 0.165 e. The number of hydrogen-bond acceptors (Lipinski definition) is 3. The summed E-state index contributed by atoms with van der Waals surface area (Å²) in [6.07, 6.45) is 10.5. The number of benzene rings is 7. The Hall–Kier alpha value is -7.49. The Morgan fingerprint density at radius 1 is 0.623 bits per heavy atom. The molecule has 0 saturated carbocycles. The van der Waals surface area contributed by atoms with Crippen LogP contribution >= 0.6 is 0 Å². The molecule has 3 aliphatic rings. The fraction of sp³-hybridized carbons (Fsp3) is 0.0862. The molecular weight excluding hydrogens is 739 g/mol. The fourth-order valence-corrected chi connectivity index (χ4v) is 10.6. The number of rotatable bonds is 6. The molecule has 8 aromatic rings. The van der Waals surface area contributed by atoms with E-state index < -0.39 is 5.41 Å². The predicted molar refractivity (Wildman–Crippen MR) is 255 cm³/mol. The maximum atomic E-state index is 5.31. The van der Waals surface area contributed by atoms with Crippen LogP contribution in [-0.2, 0) is 5.41 Å². The fourth-order valence-electron chi connectivity index (χ4n) is 10.6. The lowest BCUT2D eigenvalue weighted by molar-refractivity contribution is 0.726. The number of allylic oxidation sites excluding steroid dienone is 5. The van der Waals surface area contributed by atoms with Gasteiger partial charge in [-0.2, -0.15) is 0 Å². The zero-order valence-electron chi connectivity index (χ0n) is 34.5. The first-order valence-electron chi connectivity index (χ1n) is 21.1. The second-order valence-corrected chi connectivity index (χ2v) is 16.3. The summed E-state index contributed by atoms with van der Waals surface area (Å²) in [6, 6.07) is 49.7. The van der Waals surface area contributed by atoms with Gasteiger partial charge < -0.3 is 0 Å². The van der Waals surface area contributed by atoms with E-state index in [0.29, 0.717) is 17.5 Å². The third-order valence-corrected chi connectivity index (χ3v) is 13.2. The maximum absolute atomic E-state index is 5.31. The topological polar surface area (TPSA) is 38.7 Å². The zero-order valence-corrected chi connectivity index (χ0v) is 34.5. The largest absolute Gasteiger partial charge is 0.208 e. The van der Waals surface area contributed by atoms with Crippen LogP contribution in [0.15, 0.2) is 170 Å². The SMILES string of the molecule is C=C/C=c1/c2c3/c(c(=C)c1=C)=C(\C)C/C=C\C1=C(CC)C3(c3cc(-c4ccc5ccccc5c4-c4nc(-c5ccccc5)nc(-c5ccccc5)n4)ccc31)c1ccccc1-2. The standard InChI is InChI=1S/C58H43N3/c1-6-19-42-36(4)37(5)51-35(3)20-18-28-45-46-33-31-41(34-50(46)58(48(45)7-2)49-29-17-16-27-47(49)52(42)54(51)58)44-32-30-38-21-14-15-26-43(38)53(44)57-60-55(39-22-10-8-11-23-39)59-56(61-57)40-24-12-9-13-25-40/h6,8-19,21-34H,1,4-5,7,20H2,2-3H3/b28-18-,42-19+,51-35+.